The van der Waals surface area contributed by atoms with Crippen molar-refractivity contribution in [3.05, 3.63) is 0 Å². The zero-order valence-corrected chi connectivity index (χ0v) is 17.5. The van der Waals surface area contributed by atoms with Gasteiger partial charge in [-0.3, -0.25) is 9.59 Å². The Balaban J connectivity index is 1.98. The smallest absolute Gasteiger partial charge is 0.306 e. The second-order valence-corrected chi connectivity index (χ2v) is 8.64. The summed E-state index contributed by atoms with van der Waals surface area (Å²) in [6, 6.07) is 0. The summed E-state index contributed by atoms with van der Waals surface area (Å²) in [5.41, 5.74) is 0. The van der Waals surface area contributed by atoms with Crippen molar-refractivity contribution in [2.75, 3.05) is 0 Å². The lowest BCUT2D eigenvalue weighted by Gasteiger charge is -2.12. The summed E-state index contributed by atoms with van der Waals surface area (Å²) < 4.78 is 0. The first-order chi connectivity index (χ1) is 13.0. The second kappa shape index (κ2) is 14.9. The van der Waals surface area contributed by atoms with E-state index in [4.69, 9.17) is 5.11 Å². The molecule has 0 aromatic heterocycles. The molecule has 0 saturated heterocycles. The molecule has 0 spiro atoms. The van der Waals surface area contributed by atoms with E-state index in [0.29, 0.717) is 11.8 Å². The Morgan fingerprint density at radius 3 is 1.89 bits per heavy atom. The fourth-order valence-corrected chi connectivity index (χ4v) is 4.23. The molecule has 0 heterocycles. The van der Waals surface area contributed by atoms with Gasteiger partial charge < -0.3 is 10.2 Å². The summed E-state index contributed by atoms with van der Waals surface area (Å²) in [6.45, 7) is 2.25. The summed E-state index contributed by atoms with van der Waals surface area (Å²) >= 11 is 0. The van der Waals surface area contributed by atoms with Gasteiger partial charge in [-0.25, -0.2) is 0 Å². The van der Waals surface area contributed by atoms with Gasteiger partial charge in [0.2, 0.25) is 0 Å². The maximum absolute atomic E-state index is 11.5. The van der Waals surface area contributed by atoms with Gasteiger partial charge in [-0.2, -0.15) is 0 Å². The van der Waals surface area contributed by atoms with E-state index < -0.39 is 11.9 Å². The van der Waals surface area contributed by atoms with Crippen molar-refractivity contribution in [2.45, 2.75) is 116 Å². The highest BCUT2D eigenvalue weighted by Gasteiger charge is 2.39. The van der Waals surface area contributed by atoms with Crippen LogP contribution < -0.4 is 0 Å². The van der Waals surface area contributed by atoms with Crippen LogP contribution in [0.15, 0.2) is 0 Å². The summed E-state index contributed by atoms with van der Waals surface area (Å²) in [5, 5.41) is 18.2. The number of carboxylic acids is 2. The molecule has 3 unspecified atom stereocenters. The van der Waals surface area contributed by atoms with E-state index in [2.05, 4.69) is 6.92 Å². The molecule has 2 N–H and O–H groups in total. The third kappa shape index (κ3) is 12.9. The van der Waals surface area contributed by atoms with Crippen molar-refractivity contribution in [1.29, 1.82) is 0 Å². The molecule has 4 heteroatoms. The molecule has 1 saturated carbocycles. The Kier molecular flexibility index (Phi) is 13.3. The molecule has 0 bridgehead atoms. The van der Waals surface area contributed by atoms with Crippen LogP contribution in [-0.2, 0) is 9.59 Å². The quantitative estimate of drug-likeness (QED) is 0.245. The number of hydrogen-bond donors (Lipinski definition) is 2. The number of carbonyl (C=O) groups is 2. The molecule has 0 radical (unpaired) electrons. The summed E-state index contributed by atoms with van der Waals surface area (Å²) in [7, 11) is 0. The first-order valence-corrected chi connectivity index (χ1v) is 11.5. The maximum Gasteiger partial charge on any atom is 0.306 e. The molecule has 1 rings (SSSR count). The lowest BCUT2D eigenvalue weighted by molar-refractivity contribution is -0.142. The van der Waals surface area contributed by atoms with Crippen LogP contribution in [0.5, 0.6) is 0 Å². The predicted octanol–water partition coefficient (Wildman–Crippen LogP) is 6.67. The zero-order valence-electron chi connectivity index (χ0n) is 17.5. The van der Waals surface area contributed by atoms with Crippen molar-refractivity contribution < 1.29 is 19.8 Å². The Morgan fingerprint density at radius 2 is 1.37 bits per heavy atom. The van der Waals surface area contributed by atoms with E-state index in [9.17, 15) is 14.7 Å². The largest absolute Gasteiger partial charge is 0.481 e. The maximum atomic E-state index is 11.5. The van der Waals surface area contributed by atoms with Gasteiger partial charge in [-0.15, -0.1) is 0 Å². The molecular weight excluding hydrogens is 340 g/mol. The zero-order chi connectivity index (χ0) is 19.9. The normalized spacial score (nSPS) is 19.7. The van der Waals surface area contributed by atoms with Crippen LogP contribution in [0.3, 0.4) is 0 Å². The Morgan fingerprint density at radius 1 is 0.815 bits per heavy atom. The fraction of sp³-hybridized carbons (Fsp3) is 0.913. The highest BCUT2D eigenvalue weighted by molar-refractivity contribution is 5.70. The van der Waals surface area contributed by atoms with Crippen LogP contribution >= 0.6 is 0 Å². The van der Waals surface area contributed by atoms with E-state index in [1.54, 1.807) is 0 Å². The Hall–Kier alpha value is -1.06. The van der Waals surface area contributed by atoms with E-state index in [1.165, 1.54) is 57.8 Å². The molecule has 27 heavy (non-hydrogen) atoms. The van der Waals surface area contributed by atoms with Gasteiger partial charge in [-0.05, 0) is 43.9 Å². The molecule has 3 atom stereocenters. The van der Waals surface area contributed by atoms with Gasteiger partial charge in [0.25, 0.3) is 0 Å². The minimum atomic E-state index is -0.730. The van der Waals surface area contributed by atoms with Crippen molar-refractivity contribution >= 4 is 11.9 Å². The van der Waals surface area contributed by atoms with Crippen molar-refractivity contribution in [3.63, 3.8) is 0 Å². The lowest BCUT2D eigenvalue weighted by atomic mass is 9.94. The predicted molar refractivity (Wildman–Crippen MR) is 110 cm³/mol. The SMILES string of the molecule is CCCCCCCCCCCCCC(CC1CC1CCCC(=O)O)C(=O)O. The number of hydrogen-bond acceptors (Lipinski definition) is 2. The number of unbranched alkanes of at least 4 members (excludes halogenated alkanes) is 10. The average Bonchev–Trinajstić information content (AvgIpc) is 3.36. The monoisotopic (exact) mass is 382 g/mol. The van der Waals surface area contributed by atoms with E-state index in [1.807, 2.05) is 0 Å². The van der Waals surface area contributed by atoms with Crippen molar-refractivity contribution in [1.82, 2.24) is 0 Å². The van der Waals surface area contributed by atoms with Crippen LogP contribution in [0, 0.1) is 17.8 Å². The van der Waals surface area contributed by atoms with Gasteiger partial charge in [-0.1, -0.05) is 77.6 Å². The Bertz CT molecular complexity index is 407. The molecule has 1 aliphatic rings. The van der Waals surface area contributed by atoms with Crippen molar-refractivity contribution in [2.24, 2.45) is 17.8 Å². The molecule has 0 aromatic carbocycles. The van der Waals surface area contributed by atoms with Gasteiger partial charge in [0.1, 0.15) is 0 Å². The molecular formula is C23H42O4. The molecule has 1 aliphatic carbocycles. The molecule has 0 amide bonds. The third-order valence-corrected chi connectivity index (χ3v) is 6.13. The number of carboxylic acid groups (broad SMARTS) is 2. The lowest BCUT2D eigenvalue weighted by Crippen LogP contribution is -2.14. The standard InChI is InChI=1S/C23H42O4/c1-2-3-4-5-6-7-8-9-10-11-12-14-20(23(26)27)18-21-17-19(21)15-13-16-22(24)25/h19-21H,2-18H2,1H3,(H,24,25)(H,26,27). The van der Waals surface area contributed by atoms with Gasteiger partial charge >= 0.3 is 11.9 Å². The van der Waals surface area contributed by atoms with Crippen LogP contribution in [0.1, 0.15) is 116 Å². The highest BCUT2D eigenvalue weighted by atomic mass is 16.4. The topological polar surface area (TPSA) is 74.6 Å². The molecule has 158 valence electrons. The Labute approximate surface area is 166 Å². The first kappa shape index (κ1) is 24.0. The van der Waals surface area contributed by atoms with Crippen LogP contribution in [-0.4, -0.2) is 22.2 Å². The fourth-order valence-electron chi connectivity index (χ4n) is 4.23. The van der Waals surface area contributed by atoms with E-state index >= 15 is 0 Å². The van der Waals surface area contributed by atoms with Gasteiger partial charge in [0.05, 0.1) is 5.92 Å². The second-order valence-electron chi connectivity index (χ2n) is 8.64. The van der Waals surface area contributed by atoms with Gasteiger partial charge in [0.15, 0.2) is 0 Å². The number of aliphatic carboxylic acids is 2. The molecule has 4 nitrogen and oxygen atoms in total. The summed E-state index contributed by atoms with van der Waals surface area (Å²) in [6.07, 6.45) is 18.8. The molecule has 0 aliphatic heterocycles. The summed E-state index contributed by atoms with van der Waals surface area (Å²) in [5.74, 6) is -0.473. The third-order valence-electron chi connectivity index (χ3n) is 6.13. The summed E-state index contributed by atoms with van der Waals surface area (Å²) in [4.78, 5) is 22.1. The minimum absolute atomic E-state index is 0.196. The van der Waals surface area contributed by atoms with Crippen LogP contribution in [0.4, 0.5) is 0 Å². The number of rotatable bonds is 19. The average molecular weight is 383 g/mol. The highest BCUT2D eigenvalue weighted by Crippen LogP contribution is 2.47. The van der Waals surface area contributed by atoms with Crippen LogP contribution in [0.2, 0.25) is 0 Å². The van der Waals surface area contributed by atoms with Crippen molar-refractivity contribution in [3.8, 4) is 0 Å². The molecule has 1 fully saturated rings. The molecule has 0 aromatic rings. The van der Waals surface area contributed by atoms with Crippen LogP contribution in [0.25, 0.3) is 0 Å². The minimum Gasteiger partial charge on any atom is -0.481 e. The first-order valence-electron chi connectivity index (χ1n) is 11.5. The van der Waals surface area contributed by atoms with E-state index in [-0.39, 0.29) is 12.3 Å². The van der Waals surface area contributed by atoms with Gasteiger partial charge in [0, 0.05) is 6.42 Å². The van der Waals surface area contributed by atoms with E-state index in [0.717, 1.165) is 44.9 Å².